The summed E-state index contributed by atoms with van der Waals surface area (Å²) in [4.78, 5) is 18.6. The standard InChI is InChI=1S/C17H26N2O3S/c1-16(2,3)13-11-23-14(18-13)10-19-9-12(15(20)21)8-17(19)4-6-22-7-5-17/h11-12H,4-10H2,1-3H3,(H,20,21). The van der Waals surface area contributed by atoms with Crippen LogP contribution in [0.15, 0.2) is 5.38 Å². The van der Waals surface area contributed by atoms with E-state index in [0.717, 1.165) is 49.7 Å². The van der Waals surface area contributed by atoms with Gasteiger partial charge >= 0.3 is 5.97 Å². The molecule has 3 rings (SSSR count). The SMILES string of the molecule is CC(C)(C)c1csc(CN2CC(C(=O)O)CC23CCOCC3)n1. The Morgan fingerprint density at radius 1 is 1.48 bits per heavy atom. The van der Waals surface area contributed by atoms with Crippen molar-refractivity contribution in [3.63, 3.8) is 0 Å². The van der Waals surface area contributed by atoms with Gasteiger partial charge in [-0.1, -0.05) is 20.8 Å². The minimum atomic E-state index is -0.673. The lowest BCUT2D eigenvalue weighted by atomic mass is 9.85. The number of likely N-dealkylation sites (tertiary alicyclic amines) is 1. The summed E-state index contributed by atoms with van der Waals surface area (Å²) >= 11 is 1.69. The van der Waals surface area contributed by atoms with Gasteiger partial charge in [-0.25, -0.2) is 4.98 Å². The Balaban J connectivity index is 1.79. The summed E-state index contributed by atoms with van der Waals surface area (Å²) in [5, 5.41) is 12.7. The molecule has 0 saturated carbocycles. The first kappa shape index (κ1) is 16.9. The maximum Gasteiger partial charge on any atom is 0.307 e. The molecular weight excluding hydrogens is 312 g/mol. The van der Waals surface area contributed by atoms with E-state index in [2.05, 4.69) is 31.1 Å². The number of hydrogen-bond donors (Lipinski definition) is 1. The van der Waals surface area contributed by atoms with Gasteiger partial charge in [-0.3, -0.25) is 9.69 Å². The number of aliphatic carboxylic acids is 1. The monoisotopic (exact) mass is 338 g/mol. The van der Waals surface area contributed by atoms with E-state index in [1.54, 1.807) is 11.3 Å². The van der Waals surface area contributed by atoms with E-state index >= 15 is 0 Å². The van der Waals surface area contributed by atoms with Gasteiger partial charge in [0.05, 0.1) is 18.2 Å². The Morgan fingerprint density at radius 3 is 2.74 bits per heavy atom. The number of carboxylic acid groups (broad SMARTS) is 1. The Bertz CT molecular complexity index is 573. The highest BCUT2D eigenvalue weighted by molar-refractivity contribution is 7.09. The van der Waals surface area contributed by atoms with E-state index in [0.29, 0.717) is 6.54 Å². The van der Waals surface area contributed by atoms with Crippen LogP contribution in [0.25, 0.3) is 0 Å². The van der Waals surface area contributed by atoms with E-state index in [4.69, 9.17) is 9.72 Å². The molecule has 0 bridgehead atoms. The molecule has 23 heavy (non-hydrogen) atoms. The fourth-order valence-electron chi connectivity index (χ4n) is 3.67. The van der Waals surface area contributed by atoms with Crippen LogP contribution in [-0.2, 0) is 21.5 Å². The van der Waals surface area contributed by atoms with Crippen molar-refractivity contribution in [3.05, 3.63) is 16.1 Å². The quantitative estimate of drug-likeness (QED) is 0.918. The Kier molecular flexibility index (Phi) is 4.51. The van der Waals surface area contributed by atoms with Crippen LogP contribution in [0.1, 0.15) is 50.7 Å². The van der Waals surface area contributed by atoms with Crippen LogP contribution in [0.2, 0.25) is 0 Å². The van der Waals surface area contributed by atoms with Gasteiger partial charge in [0.25, 0.3) is 0 Å². The summed E-state index contributed by atoms with van der Waals surface area (Å²) in [5.41, 5.74) is 1.15. The molecule has 128 valence electrons. The Hall–Kier alpha value is -0.980. The smallest absolute Gasteiger partial charge is 0.307 e. The number of thiazole rings is 1. The predicted molar refractivity (Wildman–Crippen MR) is 89.8 cm³/mol. The van der Waals surface area contributed by atoms with Crippen molar-refractivity contribution in [2.45, 2.75) is 57.5 Å². The third-order valence-electron chi connectivity index (χ3n) is 5.16. The molecule has 2 fully saturated rings. The van der Waals surface area contributed by atoms with Crippen LogP contribution >= 0.6 is 11.3 Å². The molecule has 1 spiro atoms. The fourth-order valence-corrected chi connectivity index (χ4v) is 4.71. The zero-order valence-electron chi connectivity index (χ0n) is 14.2. The molecule has 2 saturated heterocycles. The molecule has 1 aromatic heterocycles. The second kappa shape index (κ2) is 6.15. The first-order valence-electron chi connectivity index (χ1n) is 8.31. The number of nitrogens with zero attached hydrogens (tertiary/aromatic N) is 2. The fraction of sp³-hybridized carbons (Fsp3) is 0.765. The highest BCUT2D eigenvalue weighted by atomic mass is 32.1. The molecule has 3 heterocycles. The van der Waals surface area contributed by atoms with Crippen LogP contribution in [0.5, 0.6) is 0 Å². The lowest BCUT2D eigenvalue weighted by Crippen LogP contribution is -2.47. The molecular formula is C17H26N2O3S. The summed E-state index contributed by atoms with van der Waals surface area (Å²) in [6, 6.07) is 0. The third kappa shape index (κ3) is 3.44. The van der Waals surface area contributed by atoms with E-state index in [1.165, 1.54) is 0 Å². The van der Waals surface area contributed by atoms with Gasteiger partial charge in [-0.2, -0.15) is 0 Å². The Morgan fingerprint density at radius 2 is 2.17 bits per heavy atom. The maximum absolute atomic E-state index is 11.5. The number of hydrogen-bond acceptors (Lipinski definition) is 5. The van der Waals surface area contributed by atoms with Gasteiger partial charge < -0.3 is 9.84 Å². The first-order chi connectivity index (χ1) is 10.8. The Labute approximate surface area is 141 Å². The molecule has 2 aliphatic heterocycles. The molecule has 2 aliphatic rings. The van der Waals surface area contributed by atoms with Crippen LogP contribution in [-0.4, -0.2) is 46.3 Å². The minimum absolute atomic E-state index is 0.0190. The largest absolute Gasteiger partial charge is 0.481 e. The molecule has 1 aromatic rings. The van der Waals surface area contributed by atoms with E-state index in [1.807, 2.05) is 0 Å². The van der Waals surface area contributed by atoms with Gasteiger partial charge in [0.2, 0.25) is 0 Å². The normalized spacial score (nSPS) is 25.1. The van der Waals surface area contributed by atoms with Gasteiger partial charge in [-0.15, -0.1) is 11.3 Å². The number of rotatable bonds is 3. The highest BCUT2D eigenvalue weighted by Crippen LogP contribution is 2.42. The summed E-state index contributed by atoms with van der Waals surface area (Å²) in [5.74, 6) is -0.942. The van der Waals surface area contributed by atoms with Crippen LogP contribution in [0, 0.1) is 5.92 Å². The second-order valence-corrected chi connectivity index (χ2v) is 8.78. The van der Waals surface area contributed by atoms with Gasteiger partial charge in [0.1, 0.15) is 5.01 Å². The molecule has 0 amide bonds. The minimum Gasteiger partial charge on any atom is -0.481 e. The molecule has 0 aromatic carbocycles. The average Bonchev–Trinajstić information content (AvgIpc) is 3.07. The topological polar surface area (TPSA) is 62.7 Å². The number of aromatic nitrogens is 1. The maximum atomic E-state index is 11.5. The number of carboxylic acids is 1. The van der Waals surface area contributed by atoms with Crippen molar-refractivity contribution in [2.75, 3.05) is 19.8 Å². The van der Waals surface area contributed by atoms with Gasteiger partial charge in [-0.05, 0) is 19.3 Å². The highest BCUT2D eigenvalue weighted by Gasteiger charge is 2.48. The molecule has 1 N–H and O–H groups in total. The predicted octanol–water partition coefficient (Wildman–Crippen LogP) is 2.90. The summed E-state index contributed by atoms with van der Waals surface area (Å²) in [7, 11) is 0. The van der Waals surface area contributed by atoms with Crippen LogP contribution in [0.4, 0.5) is 0 Å². The molecule has 0 aliphatic carbocycles. The van der Waals surface area contributed by atoms with E-state index < -0.39 is 5.97 Å². The zero-order chi connectivity index (χ0) is 16.7. The first-order valence-corrected chi connectivity index (χ1v) is 9.19. The van der Waals surface area contributed by atoms with E-state index in [-0.39, 0.29) is 16.9 Å². The number of carbonyl (C=O) groups is 1. The van der Waals surface area contributed by atoms with Crippen molar-refractivity contribution in [1.82, 2.24) is 9.88 Å². The summed E-state index contributed by atoms with van der Waals surface area (Å²) < 4.78 is 5.51. The van der Waals surface area contributed by atoms with Crippen molar-refractivity contribution >= 4 is 17.3 Å². The molecule has 0 radical (unpaired) electrons. The molecule has 5 nitrogen and oxygen atoms in total. The molecule has 1 unspecified atom stereocenters. The lowest BCUT2D eigenvalue weighted by molar-refractivity contribution is -0.141. The van der Waals surface area contributed by atoms with Crippen molar-refractivity contribution in [1.29, 1.82) is 0 Å². The van der Waals surface area contributed by atoms with Crippen LogP contribution < -0.4 is 0 Å². The second-order valence-electron chi connectivity index (χ2n) is 7.83. The van der Waals surface area contributed by atoms with E-state index in [9.17, 15) is 9.90 Å². The van der Waals surface area contributed by atoms with Crippen LogP contribution in [0.3, 0.4) is 0 Å². The summed E-state index contributed by atoms with van der Waals surface area (Å²) in [6.07, 6.45) is 2.59. The molecule has 1 atom stereocenters. The van der Waals surface area contributed by atoms with Gasteiger partial charge in [0.15, 0.2) is 0 Å². The third-order valence-corrected chi connectivity index (χ3v) is 5.99. The lowest BCUT2D eigenvalue weighted by Gasteiger charge is -2.41. The number of ether oxygens (including phenoxy) is 1. The average molecular weight is 338 g/mol. The summed E-state index contributed by atoms with van der Waals surface area (Å²) in [6.45, 7) is 9.35. The zero-order valence-corrected chi connectivity index (χ0v) is 15.0. The van der Waals surface area contributed by atoms with Crippen molar-refractivity contribution < 1.29 is 14.6 Å². The molecule has 6 heteroatoms. The van der Waals surface area contributed by atoms with Crippen molar-refractivity contribution in [3.8, 4) is 0 Å². The van der Waals surface area contributed by atoms with Gasteiger partial charge in [0, 0.05) is 36.1 Å². The van der Waals surface area contributed by atoms with Crippen molar-refractivity contribution in [2.24, 2.45) is 5.92 Å².